The quantitative estimate of drug-likeness (QED) is 0.182. The Morgan fingerprint density at radius 2 is 1.90 bits per heavy atom. The number of aliphatic hydroxyl groups excluding tert-OH is 3. The summed E-state index contributed by atoms with van der Waals surface area (Å²) in [5, 5.41) is 35.0. The molecule has 0 radical (unpaired) electrons. The van der Waals surface area contributed by atoms with Crippen LogP contribution in [-0.2, 0) is 19.6 Å². The molecule has 0 fully saturated rings. The number of halogens is 1. The molecule has 0 aliphatic heterocycles. The third-order valence-corrected chi connectivity index (χ3v) is 8.12. The van der Waals surface area contributed by atoms with E-state index >= 15 is 0 Å². The van der Waals surface area contributed by atoms with Crippen LogP contribution in [0.15, 0.2) is 76.1 Å². The highest BCUT2D eigenvalue weighted by Gasteiger charge is 2.21. The Hall–Kier alpha value is -3.51. The van der Waals surface area contributed by atoms with E-state index in [1.807, 2.05) is 42.3 Å². The van der Waals surface area contributed by atoms with Gasteiger partial charge in [0.15, 0.2) is 0 Å². The number of aliphatic hydroxyl groups is 3. The number of nitrogens with zero attached hydrogens (tertiary/aromatic N) is 2. The minimum atomic E-state index is -1.07. The Balaban J connectivity index is 1.36. The van der Waals surface area contributed by atoms with Gasteiger partial charge >= 0.3 is 0 Å². The first-order valence-electron chi connectivity index (χ1n) is 13.0. The lowest BCUT2D eigenvalue weighted by atomic mass is 10.1. The molecule has 5 aromatic rings. The van der Waals surface area contributed by atoms with Crippen molar-refractivity contribution < 1.29 is 24.5 Å². The number of aromatic nitrogens is 1. The summed E-state index contributed by atoms with van der Waals surface area (Å²) in [4.78, 5) is 29.8. The fraction of sp³-hybridized carbons (Fsp3) is 0.267. The Morgan fingerprint density at radius 1 is 1.15 bits per heavy atom. The summed E-state index contributed by atoms with van der Waals surface area (Å²) < 4.78 is 7.42. The van der Waals surface area contributed by atoms with Crippen LogP contribution < -0.4 is 10.7 Å². The Morgan fingerprint density at radius 3 is 2.63 bits per heavy atom. The maximum atomic E-state index is 13.4. The highest BCUT2D eigenvalue weighted by atomic mass is 35.5. The lowest BCUT2D eigenvalue weighted by Gasteiger charge is -2.18. The second-order valence-corrected chi connectivity index (χ2v) is 11.6. The van der Waals surface area contributed by atoms with Gasteiger partial charge in [0.05, 0.1) is 24.6 Å². The van der Waals surface area contributed by atoms with Gasteiger partial charge in [-0.05, 0) is 42.9 Å². The van der Waals surface area contributed by atoms with Gasteiger partial charge in [-0.15, -0.1) is 11.3 Å². The fourth-order valence-corrected chi connectivity index (χ4v) is 5.99. The van der Waals surface area contributed by atoms with Crippen LogP contribution >= 0.6 is 22.9 Å². The number of hydrogen-bond acceptors (Lipinski definition) is 8. The third-order valence-electron chi connectivity index (χ3n) is 6.71. The molecule has 41 heavy (non-hydrogen) atoms. The van der Waals surface area contributed by atoms with E-state index in [1.165, 1.54) is 17.5 Å². The molecule has 4 N–H and O–H groups in total. The molecule has 5 rings (SSSR count). The van der Waals surface area contributed by atoms with Gasteiger partial charge < -0.3 is 29.6 Å². The van der Waals surface area contributed by atoms with Crippen LogP contribution in [0.3, 0.4) is 0 Å². The minimum absolute atomic E-state index is 0.00526. The van der Waals surface area contributed by atoms with E-state index < -0.39 is 30.2 Å². The second kappa shape index (κ2) is 12.6. The molecule has 2 atom stereocenters. The van der Waals surface area contributed by atoms with E-state index in [2.05, 4.69) is 5.32 Å². The number of para-hydroxylation sites is 1. The molecule has 3 aromatic heterocycles. The number of pyridine rings is 1. The van der Waals surface area contributed by atoms with E-state index in [-0.39, 0.29) is 18.7 Å². The molecule has 0 bridgehead atoms. The molecule has 2 aromatic carbocycles. The molecule has 2 unspecified atom stereocenters. The lowest BCUT2D eigenvalue weighted by Crippen LogP contribution is -2.30. The number of carbonyl (C=O) groups is 1. The zero-order chi connectivity index (χ0) is 29.1. The van der Waals surface area contributed by atoms with Crippen LogP contribution in [0.5, 0.6) is 0 Å². The van der Waals surface area contributed by atoms with Gasteiger partial charge in [0.2, 0.25) is 5.43 Å². The molecule has 0 saturated heterocycles. The van der Waals surface area contributed by atoms with Crippen LogP contribution in [-0.4, -0.2) is 57.0 Å². The zero-order valence-corrected chi connectivity index (χ0v) is 23.9. The molecule has 1 amide bonds. The van der Waals surface area contributed by atoms with Crippen molar-refractivity contribution in [2.45, 2.75) is 31.8 Å². The van der Waals surface area contributed by atoms with Gasteiger partial charge in [0.25, 0.3) is 5.91 Å². The molecular formula is C30H30ClN3O6S. The van der Waals surface area contributed by atoms with Gasteiger partial charge in [-0.3, -0.25) is 14.5 Å². The Kier molecular flexibility index (Phi) is 8.88. The standard InChI is InChI=1S/C30H30ClN3O6S/c1-33(16-25(37)27-10-19-4-2-3-5-26(19)40-27)14-22-11-23-28(38)24(15-34(30(23)41-22)13-21(36)17-35)29(39)32-12-18-6-8-20(31)9-7-18/h2-11,15,21,25,35-37H,12-14,16-17H2,1H3,(H,32,39). The SMILES string of the molecule is CN(Cc1cc2c(=O)c(C(=O)NCc3ccc(Cl)cc3)cn(CC(O)CO)c2s1)CC(O)c1cc2ccccc2o1. The molecule has 9 nitrogen and oxygen atoms in total. The number of fused-ring (bicyclic) bond motifs is 2. The van der Waals surface area contributed by atoms with Gasteiger partial charge in [0, 0.05) is 41.1 Å². The second-order valence-electron chi connectivity index (χ2n) is 10.0. The van der Waals surface area contributed by atoms with Crippen LogP contribution in [0, 0.1) is 0 Å². The molecule has 0 aliphatic carbocycles. The maximum Gasteiger partial charge on any atom is 0.257 e. The first kappa shape index (κ1) is 29.0. The van der Waals surface area contributed by atoms with Crippen molar-refractivity contribution in [3.8, 4) is 0 Å². The smallest absolute Gasteiger partial charge is 0.257 e. The van der Waals surface area contributed by atoms with Crippen LogP contribution in [0.25, 0.3) is 21.2 Å². The molecule has 11 heteroatoms. The van der Waals surface area contributed by atoms with Crippen molar-refractivity contribution in [3.05, 3.63) is 104 Å². The van der Waals surface area contributed by atoms with E-state index in [9.17, 15) is 24.9 Å². The molecule has 0 aliphatic rings. The average molecular weight is 596 g/mol. The van der Waals surface area contributed by atoms with Crippen molar-refractivity contribution in [2.75, 3.05) is 20.2 Å². The molecule has 214 valence electrons. The zero-order valence-electron chi connectivity index (χ0n) is 22.3. The maximum absolute atomic E-state index is 13.4. The summed E-state index contributed by atoms with van der Waals surface area (Å²) >= 11 is 7.29. The number of nitrogens with one attached hydrogen (secondary N) is 1. The largest absolute Gasteiger partial charge is 0.458 e. The lowest BCUT2D eigenvalue weighted by molar-refractivity contribution is 0.0819. The first-order chi connectivity index (χ1) is 19.7. The first-order valence-corrected chi connectivity index (χ1v) is 14.2. The molecule has 0 saturated carbocycles. The van der Waals surface area contributed by atoms with Gasteiger partial charge in [-0.1, -0.05) is 41.9 Å². The van der Waals surface area contributed by atoms with E-state index in [0.717, 1.165) is 15.8 Å². The summed E-state index contributed by atoms with van der Waals surface area (Å²) in [6, 6.07) is 18.1. The Labute approximate surface area is 244 Å². The number of thiophene rings is 1. The number of benzene rings is 2. The summed E-state index contributed by atoms with van der Waals surface area (Å²) in [6.07, 6.45) is -0.494. The number of furan rings is 1. The van der Waals surface area contributed by atoms with Gasteiger partial charge in [-0.25, -0.2) is 0 Å². The van der Waals surface area contributed by atoms with Crippen molar-refractivity contribution in [3.63, 3.8) is 0 Å². The van der Waals surface area contributed by atoms with Crippen molar-refractivity contribution in [1.29, 1.82) is 0 Å². The monoisotopic (exact) mass is 595 g/mol. The summed E-state index contributed by atoms with van der Waals surface area (Å²) in [5.74, 6) is -0.0702. The van der Waals surface area contributed by atoms with Crippen molar-refractivity contribution in [2.24, 2.45) is 0 Å². The number of amides is 1. The average Bonchev–Trinajstić information content (AvgIpc) is 3.59. The summed E-state index contributed by atoms with van der Waals surface area (Å²) in [7, 11) is 1.85. The predicted octanol–water partition coefficient (Wildman–Crippen LogP) is 3.91. The van der Waals surface area contributed by atoms with Crippen LogP contribution in [0.2, 0.25) is 5.02 Å². The highest BCUT2D eigenvalue weighted by molar-refractivity contribution is 7.18. The van der Waals surface area contributed by atoms with E-state index in [0.29, 0.717) is 39.7 Å². The minimum Gasteiger partial charge on any atom is -0.458 e. The number of carbonyl (C=O) groups excluding carboxylic acids is 1. The predicted molar refractivity (Wildman–Crippen MR) is 159 cm³/mol. The topological polar surface area (TPSA) is 128 Å². The molecule has 0 spiro atoms. The number of likely N-dealkylation sites (N-methyl/N-ethyl adjacent to an activating group) is 1. The van der Waals surface area contributed by atoms with Crippen molar-refractivity contribution >= 4 is 50.0 Å². The van der Waals surface area contributed by atoms with Gasteiger partial charge in [-0.2, -0.15) is 0 Å². The third kappa shape index (κ3) is 6.70. The summed E-state index contributed by atoms with van der Waals surface area (Å²) in [5.41, 5.74) is 1.05. The van der Waals surface area contributed by atoms with Crippen LogP contribution in [0.4, 0.5) is 0 Å². The summed E-state index contributed by atoms with van der Waals surface area (Å²) in [6.45, 7) is 0.467. The van der Waals surface area contributed by atoms with E-state index in [1.54, 1.807) is 34.9 Å². The fourth-order valence-electron chi connectivity index (χ4n) is 4.65. The molecule has 3 heterocycles. The Bertz CT molecular complexity index is 1700. The highest BCUT2D eigenvalue weighted by Crippen LogP contribution is 2.28. The molecular weight excluding hydrogens is 566 g/mol. The number of hydrogen-bond donors (Lipinski definition) is 4. The number of rotatable bonds is 11. The normalized spacial score (nSPS) is 13.2. The van der Waals surface area contributed by atoms with E-state index in [4.69, 9.17) is 16.0 Å². The van der Waals surface area contributed by atoms with Gasteiger partial charge in [0.1, 0.15) is 27.8 Å². The van der Waals surface area contributed by atoms with Crippen molar-refractivity contribution in [1.82, 2.24) is 14.8 Å². The van der Waals surface area contributed by atoms with Crippen LogP contribution in [0.1, 0.15) is 32.7 Å².